The molecule has 2 heterocycles. The molecule has 0 saturated carbocycles. The van der Waals surface area contributed by atoms with Crippen molar-refractivity contribution in [2.45, 2.75) is 13.3 Å². The minimum Gasteiger partial charge on any atom is -0.494 e. The highest BCUT2D eigenvalue weighted by Crippen LogP contribution is 2.37. The van der Waals surface area contributed by atoms with Crippen LogP contribution in [0.25, 0.3) is 10.2 Å². The van der Waals surface area contributed by atoms with E-state index in [0.29, 0.717) is 28.7 Å². The number of fused-ring (bicyclic) bond motifs is 1. The zero-order valence-corrected chi connectivity index (χ0v) is 22.0. The van der Waals surface area contributed by atoms with Gasteiger partial charge in [-0.2, -0.15) is 0 Å². The second-order valence-corrected chi connectivity index (χ2v) is 9.94. The largest absolute Gasteiger partial charge is 0.494 e. The lowest BCUT2D eigenvalue weighted by molar-refractivity contribution is 0.0376. The predicted octanol–water partition coefficient (Wildman–Crippen LogP) is 5.77. The molecule has 1 aliphatic rings. The zero-order chi connectivity index (χ0) is 25.6. The Morgan fingerprint density at radius 1 is 1.03 bits per heavy atom. The van der Waals surface area contributed by atoms with Gasteiger partial charge in [-0.3, -0.25) is 14.6 Å². The van der Waals surface area contributed by atoms with E-state index in [0.717, 1.165) is 60.8 Å². The summed E-state index contributed by atoms with van der Waals surface area (Å²) in [5, 5.41) is 0.680. The number of rotatable bonds is 9. The van der Waals surface area contributed by atoms with Crippen molar-refractivity contribution < 1.29 is 19.0 Å². The summed E-state index contributed by atoms with van der Waals surface area (Å²) in [5.74, 6) is 2.07. The van der Waals surface area contributed by atoms with Crippen LogP contribution in [-0.2, 0) is 4.74 Å². The second kappa shape index (κ2) is 11.7. The summed E-state index contributed by atoms with van der Waals surface area (Å²) >= 11 is 1.53. The van der Waals surface area contributed by atoms with Crippen LogP contribution in [0.5, 0.6) is 17.2 Å². The van der Waals surface area contributed by atoms with Crippen LogP contribution < -0.4 is 14.4 Å². The SMILES string of the molecule is COc1ccc(C)c2sc(N(CCCN3CCOCC3)C(=O)c3ccc(Oc4ccccc4)cc3)nc12. The lowest BCUT2D eigenvalue weighted by Crippen LogP contribution is -2.39. The van der Waals surface area contributed by atoms with Crippen molar-refractivity contribution >= 4 is 32.6 Å². The molecule has 0 bridgehead atoms. The number of anilines is 1. The summed E-state index contributed by atoms with van der Waals surface area (Å²) in [6, 6.07) is 20.8. The van der Waals surface area contributed by atoms with E-state index in [1.54, 1.807) is 12.0 Å². The van der Waals surface area contributed by atoms with E-state index in [9.17, 15) is 4.79 Å². The van der Waals surface area contributed by atoms with Gasteiger partial charge in [0.15, 0.2) is 5.13 Å². The van der Waals surface area contributed by atoms with Gasteiger partial charge in [-0.1, -0.05) is 35.6 Å². The Hall–Kier alpha value is -3.46. The third kappa shape index (κ3) is 5.93. The molecule has 5 rings (SSSR count). The highest BCUT2D eigenvalue weighted by Gasteiger charge is 2.23. The zero-order valence-electron chi connectivity index (χ0n) is 21.2. The number of amides is 1. The molecule has 37 heavy (non-hydrogen) atoms. The van der Waals surface area contributed by atoms with E-state index < -0.39 is 0 Å². The van der Waals surface area contributed by atoms with E-state index in [1.165, 1.54) is 11.3 Å². The Morgan fingerprint density at radius 3 is 2.49 bits per heavy atom. The first-order valence-electron chi connectivity index (χ1n) is 12.5. The van der Waals surface area contributed by atoms with Crippen LogP contribution in [0.3, 0.4) is 0 Å². The lowest BCUT2D eigenvalue weighted by atomic mass is 10.2. The Balaban J connectivity index is 1.39. The topological polar surface area (TPSA) is 64.1 Å². The number of nitrogens with zero attached hydrogens (tertiary/aromatic N) is 3. The van der Waals surface area contributed by atoms with Crippen molar-refractivity contribution in [2.75, 3.05) is 51.4 Å². The molecule has 8 heteroatoms. The van der Waals surface area contributed by atoms with E-state index in [4.69, 9.17) is 19.2 Å². The number of para-hydroxylation sites is 1. The molecule has 1 saturated heterocycles. The van der Waals surface area contributed by atoms with Crippen LogP contribution in [0.4, 0.5) is 5.13 Å². The van der Waals surface area contributed by atoms with E-state index >= 15 is 0 Å². The van der Waals surface area contributed by atoms with E-state index in [2.05, 4.69) is 11.8 Å². The van der Waals surface area contributed by atoms with Gasteiger partial charge in [0.05, 0.1) is 25.0 Å². The molecule has 1 aliphatic heterocycles. The van der Waals surface area contributed by atoms with Crippen LogP contribution in [0.1, 0.15) is 22.3 Å². The first kappa shape index (κ1) is 25.2. The summed E-state index contributed by atoms with van der Waals surface area (Å²) < 4.78 is 18.0. The van der Waals surface area contributed by atoms with Gasteiger partial charge < -0.3 is 14.2 Å². The van der Waals surface area contributed by atoms with Gasteiger partial charge in [0.25, 0.3) is 5.91 Å². The predicted molar refractivity (Wildman–Crippen MR) is 147 cm³/mol. The van der Waals surface area contributed by atoms with Gasteiger partial charge in [0.2, 0.25) is 0 Å². The summed E-state index contributed by atoms with van der Waals surface area (Å²) in [6.45, 7) is 6.90. The van der Waals surface area contributed by atoms with Gasteiger partial charge >= 0.3 is 0 Å². The number of carbonyl (C=O) groups is 1. The highest BCUT2D eigenvalue weighted by molar-refractivity contribution is 7.22. The van der Waals surface area contributed by atoms with Gasteiger partial charge in [-0.25, -0.2) is 4.98 Å². The smallest absolute Gasteiger partial charge is 0.260 e. The third-order valence-corrected chi connectivity index (χ3v) is 7.64. The molecule has 0 radical (unpaired) electrons. The number of methoxy groups -OCH3 is 1. The van der Waals surface area contributed by atoms with Gasteiger partial charge in [-0.05, 0) is 61.4 Å². The number of benzene rings is 3. The molecule has 3 aromatic carbocycles. The first-order valence-corrected chi connectivity index (χ1v) is 13.3. The maximum absolute atomic E-state index is 13.8. The Bertz CT molecular complexity index is 1330. The van der Waals surface area contributed by atoms with Gasteiger partial charge in [0, 0.05) is 31.7 Å². The second-order valence-electron chi connectivity index (χ2n) is 8.96. The molecule has 1 fully saturated rings. The molecule has 7 nitrogen and oxygen atoms in total. The first-order chi connectivity index (χ1) is 18.1. The van der Waals surface area contributed by atoms with Gasteiger partial charge in [-0.15, -0.1) is 0 Å². The Labute approximate surface area is 221 Å². The molecule has 1 amide bonds. The molecular weight excluding hydrogens is 486 g/mol. The number of carbonyl (C=O) groups excluding carboxylic acids is 1. The van der Waals surface area contributed by atoms with E-state index in [1.807, 2.05) is 66.7 Å². The molecule has 4 aromatic rings. The molecule has 1 aromatic heterocycles. The fraction of sp³-hybridized carbons (Fsp3) is 0.310. The van der Waals surface area contributed by atoms with Crippen molar-refractivity contribution in [3.63, 3.8) is 0 Å². The molecule has 0 unspecified atom stereocenters. The van der Waals surface area contributed by atoms with Crippen LogP contribution in [-0.4, -0.2) is 62.3 Å². The Kier molecular flexibility index (Phi) is 7.99. The normalized spacial score (nSPS) is 14.0. The van der Waals surface area contributed by atoms with E-state index in [-0.39, 0.29) is 5.91 Å². The molecule has 0 N–H and O–H groups in total. The lowest BCUT2D eigenvalue weighted by Gasteiger charge is -2.27. The highest BCUT2D eigenvalue weighted by atomic mass is 32.1. The monoisotopic (exact) mass is 517 g/mol. The molecule has 0 atom stereocenters. The molecule has 0 aliphatic carbocycles. The number of morpholine rings is 1. The van der Waals surface area contributed by atoms with Crippen molar-refractivity contribution in [3.8, 4) is 17.2 Å². The summed E-state index contributed by atoms with van der Waals surface area (Å²) in [4.78, 5) is 22.9. The minimum atomic E-state index is -0.0797. The number of thiazole rings is 1. The number of ether oxygens (including phenoxy) is 3. The fourth-order valence-corrected chi connectivity index (χ4v) is 5.46. The standard InChI is InChI=1S/C29H31N3O4S/c1-21-9-14-25(34-2)26-27(21)37-29(30-26)32(16-6-15-31-17-19-35-20-18-31)28(33)22-10-12-24(13-11-22)36-23-7-4-3-5-8-23/h3-5,7-14H,6,15-20H2,1-2H3. The number of hydrogen-bond donors (Lipinski definition) is 0. The van der Waals surface area contributed by atoms with Crippen LogP contribution in [0.15, 0.2) is 66.7 Å². The number of hydrogen-bond acceptors (Lipinski definition) is 7. The Morgan fingerprint density at radius 2 is 1.76 bits per heavy atom. The molecular formula is C29H31N3O4S. The average Bonchev–Trinajstić information content (AvgIpc) is 3.39. The third-order valence-electron chi connectivity index (χ3n) is 6.43. The minimum absolute atomic E-state index is 0.0797. The van der Waals surface area contributed by atoms with Gasteiger partial charge in [0.1, 0.15) is 22.8 Å². The maximum atomic E-state index is 13.8. The molecule has 0 spiro atoms. The molecule has 192 valence electrons. The van der Waals surface area contributed by atoms with Crippen LogP contribution in [0.2, 0.25) is 0 Å². The van der Waals surface area contributed by atoms with Crippen molar-refractivity contribution in [1.29, 1.82) is 0 Å². The fourth-order valence-electron chi connectivity index (χ4n) is 4.39. The number of aromatic nitrogens is 1. The van der Waals surface area contributed by atoms with Crippen molar-refractivity contribution in [2.24, 2.45) is 0 Å². The average molecular weight is 518 g/mol. The van der Waals surface area contributed by atoms with Crippen LogP contribution >= 0.6 is 11.3 Å². The number of aryl methyl sites for hydroxylation is 1. The van der Waals surface area contributed by atoms with Crippen molar-refractivity contribution in [1.82, 2.24) is 9.88 Å². The maximum Gasteiger partial charge on any atom is 0.260 e. The quantitative estimate of drug-likeness (QED) is 0.281. The van der Waals surface area contributed by atoms with Crippen molar-refractivity contribution in [3.05, 3.63) is 77.9 Å². The van der Waals surface area contributed by atoms with Crippen LogP contribution in [0, 0.1) is 6.92 Å². The summed E-state index contributed by atoms with van der Waals surface area (Å²) in [5.41, 5.74) is 2.50. The summed E-state index contributed by atoms with van der Waals surface area (Å²) in [6.07, 6.45) is 0.840. The summed E-state index contributed by atoms with van der Waals surface area (Å²) in [7, 11) is 1.65.